The van der Waals surface area contributed by atoms with Crippen LogP contribution < -0.4 is 15.2 Å². The average Bonchev–Trinajstić information content (AvgIpc) is 3.83. The average molecular weight is 741 g/mol. The fourth-order valence-corrected chi connectivity index (χ4v) is 8.31. The van der Waals surface area contributed by atoms with Gasteiger partial charge in [-0.25, -0.2) is 4.68 Å². The number of aryl methyl sites for hydroxylation is 2. The van der Waals surface area contributed by atoms with Crippen LogP contribution in [0, 0.1) is 36.5 Å². The van der Waals surface area contributed by atoms with E-state index in [9.17, 15) is 15.3 Å². The van der Waals surface area contributed by atoms with E-state index in [0.29, 0.717) is 28.1 Å². The third-order valence-electron chi connectivity index (χ3n) is 11.5. The maximum Gasteiger partial charge on any atom is 0.272 e. The van der Waals surface area contributed by atoms with Crippen LogP contribution in [0.25, 0.3) is 22.6 Å². The van der Waals surface area contributed by atoms with Crippen molar-refractivity contribution in [3.63, 3.8) is 0 Å². The molecule has 2 fully saturated rings. The molecule has 3 aliphatic rings. The molecule has 1 unspecified atom stereocenters. The number of rotatable bonds is 8. The number of nitrogens with zero attached hydrogens (tertiary/aromatic N) is 7. The number of nitriles is 2. The molecule has 2 saturated heterocycles. The van der Waals surface area contributed by atoms with Crippen LogP contribution in [0.2, 0.25) is 0 Å². The second-order valence-electron chi connectivity index (χ2n) is 15.3. The van der Waals surface area contributed by atoms with Crippen LogP contribution in [0.3, 0.4) is 0 Å². The van der Waals surface area contributed by atoms with Crippen LogP contribution in [0.15, 0.2) is 108 Å². The Hall–Kier alpha value is -6.17. The van der Waals surface area contributed by atoms with Crippen molar-refractivity contribution in [2.24, 2.45) is 5.10 Å². The van der Waals surface area contributed by atoms with E-state index >= 15 is 0 Å². The molecule has 0 aliphatic carbocycles. The molecule has 0 spiro atoms. The Balaban J connectivity index is 1.43. The molecule has 8 rings (SSSR count). The molecule has 1 atom stereocenters. The highest BCUT2D eigenvalue weighted by molar-refractivity contribution is 6.22. The molecule has 4 heterocycles. The van der Waals surface area contributed by atoms with Crippen molar-refractivity contribution in [3.8, 4) is 29.1 Å². The van der Waals surface area contributed by atoms with Crippen molar-refractivity contribution >= 4 is 23.0 Å². The quantitative estimate of drug-likeness (QED) is 0.162. The lowest BCUT2D eigenvalue weighted by molar-refractivity contribution is 0.0924. The normalized spacial score (nSPS) is 19.2. The van der Waals surface area contributed by atoms with Gasteiger partial charge in [-0.3, -0.25) is 4.79 Å². The van der Waals surface area contributed by atoms with Crippen LogP contribution in [-0.2, 0) is 0 Å². The Labute approximate surface area is 328 Å². The number of likely N-dealkylation sites (tertiary alicyclic amines) is 1. The first-order valence-corrected chi connectivity index (χ1v) is 19.5. The Morgan fingerprint density at radius 2 is 1.36 bits per heavy atom. The first-order valence-electron chi connectivity index (χ1n) is 19.5. The number of aromatic nitrogens is 2. The number of nitrogens with one attached hydrogen (secondary N) is 2. The van der Waals surface area contributed by atoms with Crippen molar-refractivity contribution in [3.05, 3.63) is 142 Å². The third-order valence-corrected chi connectivity index (χ3v) is 11.5. The van der Waals surface area contributed by atoms with E-state index in [4.69, 9.17) is 10.2 Å². The minimum Gasteiger partial charge on any atom is -0.348 e. The molecule has 1 amide bonds. The molecule has 0 radical (unpaired) electrons. The number of amides is 1. The van der Waals surface area contributed by atoms with E-state index in [1.165, 1.54) is 0 Å². The van der Waals surface area contributed by atoms with Gasteiger partial charge in [0.15, 0.2) is 17.1 Å². The summed E-state index contributed by atoms with van der Waals surface area (Å²) in [6.45, 7) is 7.66. The van der Waals surface area contributed by atoms with Crippen LogP contribution in [-0.4, -0.2) is 71.6 Å². The maximum atomic E-state index is 14.7. The van der Waals surface area contributed by atoms with Crippen LogP contribution in [0.4, 0.5) is 5.69 Å². The molecule has 0 bridgehead atoms. The summed E-state index contributed by atoms with van der Waals surface area (Å²) in [7, 11) is 2.16. The molecule has 2 N–H and O–H groups in total. The fourth-order valence-electron chi connectivity index (χ4n) is 8.31. The van der Waals surface area contributed by atoms with E-state index in [-0.39, 0.29) is 22.6 Å². The van der Waals surface area contributed by atoms with Crippen molar-refractivity contribution < 1.29 is 4.79 Å². The minimum absolute atomic E-state index is 0.0106. The van der Waals surface area contributed by atoms with E-state index in [0.717, 1.165) is 96.9 Å². The SMILES string of the molecule is Cc1ccc(C2=CC(c3c(C(=O)NC4CCNCC4)nn(-c4ccc(C#N)cc4)c3-c3ccc(C)cc3)=N[N+]2(c2ccc(C#N)cc2)C2CCN(C)CC2)cc1. The number of quaternary nitrogens is 1. The molecule has 0 saturated carbocycles. The molecule has 10 heteroatoms. The molecule has 280 valence electrons. The van der Waals surface area contributed by atoms with Crippen molar-refractivity contribution in [1.29, 1.82) is 10.5 Å². The summed E-state index contributed by atoms with van der Waals surface area (Å²) in [6.07, 6.45) is 5.62. The monoisotopic (exact) mass is 740 g/mol. The lowest BCUT2D eigenvalue weighted by atomic mass is 9.96. The molecular formula is C46H46N9O+. The number of hydrogen-bond acceptors (Lipinski definition) is 7. The summed E-state index contributed by atoms with van der Waals surface area (Å²) >= 11 is 0. The Kier molecular flexibility index (Phi) is 10.2. The highest BCUT2D eigenvalue weighted by atomic mass is 16.2. The maximum absolute atomic E-state index is 14.7. The topological polar surface area (TPSA) is 122 Å². The second-order valence-corrected chi connectivity index (χ2v) is 15.3. The zero-order valence-electron chi connectivity index (χ0n) is 32.2. The zero-order valence-corrected chi connectivity index (χ0v) is 32.2. The van der Waals surface area contributed by atoms with Crippen molar-refractivity contribution in [2.45, 2.75) is 51.6 Å². The third kappa shape index (κ3) is 6.95. The van der Waals surface area contributed by atoms with Gasteiger partial charge in [0.2, 0.25) is 0 Å². The van der Waals surface area contributed by atoms with E-state index in [2.05, 4.69) is 103 Å². The predicted octanol–water partition coefficient (Wildman–Crippen LogP) is 7.24. The first kappa shape index (κ1) is 36.8. The molecule has 10 nitrogen and oxygen atoms in total. The molecule has 56 heavy (non-hydrogen) atoms. The summed E-state index contributed by atoms with van der Waals surface area (Å²) in [5.41, 5.74) is 10.4. The van der Waals surface area contributed by atoms with Crippen LogP contribution >= 0.6 is 0 Å². The van der Waals surface area contributed by atoms with Gasteiger partial charge in [-0.05, 0) is 95.4 Å². The smallest absolute Gasteiger partial charge is 0.272 e. The Morgan fingerprint density at radius 1 is 0.786 bits per heavy atom. The van der Waals surface area contributed by atoms with Crippen LogP contribution in [0.1, 0.15) is 69.6 Å². The van der Waals surface area contributed by atoms with Crippen molar-refractivity contribution in [1.82, 2.24) is 29.9 Å². The van der Waals surface area contributed by atoms with E-state index in [1.807, 2.05) is 41.1 Å². The minimum atomic E-state index is -0.247. The van der Waals surface area contributed by atoms with Gasteiger partial charge in [-0.2, -0.15) is 15.6 Å². The van der Waals surface area contributed by atoms with Crippen molar-refractivity contribution in [2.75, 3.05) is 33.2 Å². The number of hydrogen-bond donors (Lipinski definition) is 2. The lowest BCUT2D eigenvalue weighted by Crippen LogP contribution is -2.54. The molecule has 1 aromatic heterocycles. The van der Waals surface area contributed by atoms with Crippen LogP contribution in [0.5, 0.6) is 0 Å². The molecule has 3 aliphatic heterocycles. The largest absolute Gasteiger partial charge is 0.348 e. The summed E-state index contributed by atoms with van der Waals surface area (Å²) in [4.78, 5) is 17.1. The fraction of sp³-hybridized carbons (Fsp3) is 0.283. The number of benzene rings is 4. The van der Waals surface area contributed by atoms with Gasteiger partial charge in [0.05, 0.1) is 40.2 Å². The summed E-state index contributed by atoms with van der Waals surface area (Å²) < 4.78 is 2.04. The zero-order chi connectivity index (χ0) is 38.8. The van der Waals surface area contributed by atoms with Gasteiger partial charge in [-0.1, -0.05) is 52.6 Å². The first-order chi connectivity index (χ1) is 27.3. The summed E-state index contributed by atoms with van der Waals surface area (Å²) in [6, 6.07) is 36.6. The van der Waals surface area contributed by atoms with E-state index < -0.39 is 0 Å². The van der Waals surface area contributed by atoms with Gasteiger partial charge in [0.1, 0.15) is 11.8 Å². The number of piperidine rings is 2. The highest BCUT2D eigenvalue weighted by Crippen LogP contribution is 2.46. The van der Waals surface area contributed by atoms with Gasteiger partial charge in [0.25, 0.3) is 5.91 Å². The number of allylic oxidation sites excluding steroid dienone is 1. The van der Waals surface area contributed by atoms with Gasteiger partial charge >= 0.3 is 0 Å². The van der Waals surface area contributed by atoms with Gasteiger partial charge in [-0.15, -0.1) is 4.59 Å². The summed E-state index contributed by atoms with van der Waals surface area (Å²) in [5, 5.41) is 37.2. The highest BCUT2D eigenvalue weighted by Gasteiger charge is 2.50. The van der Waals surface area contributed by atoms with E-state index in [1.54, 1.807) is 12.1 Å². The summed E-state index contributed by atoms with van der Waals surface area (Å²) in [5.74, 6) is -0.247. The molecule has 5 aromatic rings. The molecular weight excluding hydrogens is 695 g/mol. The predicted molar refractivity (Wildman–Crippen MR) is 221 cm³/mol. The Bertz CT molecular complexity index is 2380. The standard InChI is InChI=1S/C46H45N9O/c1-31-4-12-35(13-5-31)42-28-41(52-55(42,40-22-26-53(3)27-23-40)39-18-10-34(30-48)11-19-39)43-44(46(56)50-37-20-24-49-25-21-37)51-54(38-16-8-33(29-47)9-17-38)45(43)36-14-6-32(2)7-15-36/h4-19,28,37,40,49H,20-27H2,1-3H3/p+1. The number of carbonyl (C=O) groups is 1. The second kappa shape index (κ2) is 15.5. The lowest BCUT2D eigenvalue weighted by Gasteiger charge is -2.41. The number of carbonyl (C=O) groups excluding carboxylic acids is 1. The Morgan fingerprint density at radius 3 is 1.95 bits per heavy atom. The van der Waals surface area contributed by atoms with Gasteiger partial charge in [0, 0.05) is 61.3 Å². The molecule has 4 aromatic carbocycles. The van der Waals surface area contributed by atoms with Gasteiger partial charge < -0.3 is 15.5 Å².